The molecule has 4 heteroatoms. The standard InChI is InChI=1S/C68H85BN2S/c1-60(2,3)40-32-54-57-55(33-40)71(42-21-23-45-47(35-42)64(10,11)27-25-62(45,6)7)58-43-36-48-51(68(18,19)31-28-65(48,12)13)39-56(43)72-59(58)69(57)52-37-49-50(67(16,17)30-29-66(49,14)15)38-53(52)70(54)41-20-22-44-46(34-41)63(8,9)26-24-61(44,4)5/h20-23,32-39H,24-31H2,1-19H3. The molecule has 0 amide bonds. The van der Waals surface area contributed by atoms with Crippen molar-refractivity contribution in [2.24, 2.45) is 0 Å². The second-order valence-corrected chi connectivity index (χ2v) is 31.6. The van der Waals surface area contributed by atoms with Gasteiger partial charge in [-0.15, -0.1) is 11.3 Å². The maximum absolute atomic E-state index is 2.80. The van der Waals surface area contributed by atoms with Gasteiger partial charge >= 0.3 is 0 Å². The van der Waals surface area contributed by atoms with Crippen molar-refractivity contribution in [3.8, 4) is 0 Å². The summed E-state index contributed by atoms with van der Waals surface area (Å²) in [6, 6.07) is 31.5. The molecule has 0 spiro atoms. The molecule has 0 saturated carbocycles. The van der Waals surface area contributed by atoms with Crippen LogP contribution < -0.4 is 25.5 Å². The number of thiophene rings is 1. The maximum atomic E-state index is 2.80. The third kappa shape index (κ3) is 6.90. The molecular weight excluding hydrogens is 888 g/mol. The molecule has 0 fully saturated rings. The van der Waals surface area contributed by atoms with Crippen molar-refractivity contribution in [3.05, 3.63) is 123 Å². The summed E-state index contributed by atoms with van der Waals surface area (Å²) in [6.07, 6.45) is 9.59. The molecule has 0 unspecified atom stereocenters. The number of hydrogen-bond donors (Lipinski definition) is 0. The molecule has 4 aliphatic carbocycles. The highest BCUT2D eigenvalue weighted by molar-refractivity contribution is 7.33. The minimum Gasteiger partial charge on any atom is -0.311 e. The highest BCUT2D eigenvalue weighted by Gasteiger charge is 2.50. The zero-order chi connectivity index (χ0) is 51.6. The summed E-state index contributed by atoms with van der Waals surface area (Å²) < 4.78 is 2.93. The average molecular weight is 973 g/mol. The minimum atomic E-state index is -0.101. The molecule has 3 heterocycles. The van der Waals surface area contributed by atoms with Crippen LogP contribution in [0.15, 0.2) is 72.8 Å². The Kier molecular flexibility index (Phi) is 9.98. The molecule has 0 radical (unpaired) electrons. The quantitative estimate of drug-likeness (QED) is 0.159. The number of hydrogen-bond acceptors (Lipinski definition) is 3. The minimum absolute atomic E-state index is 0.0612. The number of rotatable bonds is 2. The van der Waals surface area contributed by atoms with Crippen LogP contribution >= 0.6 is 11.3 Å². The number of anilines is 6. The van der Waals surface area contributed by atoms with Gasteiger partial charge in [-0.25, -0.2) is 0 Å². The van der Waals surface area contributed by atoms with E-state index in [0.29, 0.717) is 0 Å². The molecule has 6 aliphatic rings. The van der Waals surface area contributed by atoms with Crippen molar-refractivity contribution in [2.45, 2.75) is 232 Å². The number of fused-ring (bicyclic) bond motifs is 10. The van der Waals surface area contributed by atoms with E-state index < -0.39 is 0 Å². The van der Waals surface area contributed by atoms with Gasteiger partial charge in [-0.1, -0.05) is 150 Å². The first-order valence-corrected chi connectivity index (χ1v) is 29.0. The molecule has 0 atom stereocenters. The van der Waals surface area contributed by atoms with E-state index in [0.717, 1.165) is 0 Å². The first-order chi connectivity index (χ1) is 33.2. The zero-order valence-electron chi connectivity index (χ0n) is 48.0. The van der Waals surface area contributed by atoms with Crippen LogP contribution in [0.3, 0.4) is 0 Å². The fourth-order valence-corrected chi connectivity index (χ4v) is 16.4. The molecule has 2 aliphatic heterocycles. The Hall–Kier alpha value is -4.28. The lowest BCUT2D eigenvalue weighted by Crippen LogP contribution is -2.61. The van der Waals surface area contributed by atoms with Gasteiger partial charge in [0, 0.05) is 43.3 Å². The summed E-state index contributed by atoms with van der Waals surface area (Å²) >= 11 is 2.10. The molecular formula is C68H85BN2S. The molecule has 72 heavy (non-hydrogen) atoms. The third-order valence-corrected chi connectivity index (χ3v) is 21.9. The topological polar surface area (TPSA) is 6.48 Å². The third-order valence-electron chi connectivity index (χ3n) is 20.7. The van der Waals surface area contributed by atoms with Gasteiger partial charge in [0.25, 0.3) is 6.71 Å². The second kappa shape index (κ2) is 14.8. The predicted octanol–water partition coefficient (Wildman–Crippen LogP) is 17.7. The summed E-state index contributed by atoms with van der Waals surface area (Å²) in [5.74, 6) is 0. The average Bonchev–Trinajstić information content (AvgIpc) is 3.67. The largest absolute Gasteiger partial charge is 0.311 e. The van der Waals surface area contributed by atoms with Crippen LogP contribution in [-0.4, -0.2) is 6.71 Å². The van der Waals surface area contributed by atoms with Gasteiger partial charge in [-0.3, -0.25) is 0 Å². The van der Waals surface area contributed by atoms with Gasteiger partial charge in [-0.05, 0) is 216 Å². The zero-order valence-corrected chi connectivity index (χ0v) is 48.8. The van der Waals surface area contributed by atoms with Crippen molar-refractivity contribution in [1.82, 2.24) is 0 Å². The van der Waals surface area contributed by atoms with E-state index in [1.807, 2.05) is 0 Å². The van der Waals surface area contributed by atoms with Crippen LogP contribution in [0.1, 0.15) is 233 Å². The van der Waals surface area contributed by atoms with Crippen LogP contribution in [0.5, 0.6) is 0 Å². The lowest BCUT2D eigenvalue weighted by Gasteiger charge is -2.48. The van der Waals surface area contributed by atoms with E-state index in [2.05, 4.69) is 225 Å². The lowest BCUT2D eigenvalue weighted by atomic mass is 9.35. The molecule has 2 nitrogen and oxygen atoms in total. The monoisotopic (exact) mass is 973 g/mol. The van der Waals surface area contributed by atoms with Crippen molar-refractivity contribution in [2.75, 3.05) is 9.80 Å². The van der Waals surface area contributed by atoms with Crippen molar-refractivity contribution >= 4 is 78.0 Å². The Morgan fingerprint density at radius 3 is 1.24 bits per heavy atom. The molecule has 5 aromatic carbocycles. The van der Waals surface area contributed by atoms with Crippen molar-refractivity contribution in [1.29, 1.82) is 0 Å². The van der Waals surface area contributed by atoms with Gasteiger partial charge in [0.2, 0.25) is 0 Å². The maximum Gasteiger partial charge on any atom is 0.264 e. The Bertz CT molecular complexity index is 3320. The molecule has 1 aromatic heterocycles. The SMILES string of the molecule is CC(C)(C)c1cc2c3c(c1)N(c1ccc4c(c1)C(C)(C)CCC4(C)C)c1c(sc4cc5c(cc14)C(C)(C)CCC5(C)C)B3c1cc3c(cc1N2c1ccc2c(c1)C(C)(C)CCC2(C)C)C(C)(C)CCC3(C)C. The summed E-state index contributed by atoms with van der Waals surface area (Å²) in [5.41, 5.74) is 25.3. The van der Waals surface area contributed by atoms with Crippen LogP contribution in [0.25, 0.3) is 10.1 Å². The first-order valence-electron chi connectivity index (χ1n) is 28.1. The summed E-state index contributed by atoms with van der Waals surface area (Å²) in [5, 5.41) is 1.42. The molecule has 6 aromatic rings. The van der Waals surface area contributed by atoms with Crippen LogP contribution in [-0.2, 0) is 48.7 Å². The summed E-state index contributed by atoms with van der Waals surface area (Å²) in [7, 11) is 0. The van der Waals surface area contributed by atoms with Crippen LogP contribution in [0.4, 0.5) is 34.1 Å². The van der Waals surface area contributed by atoms with Crippen LogP contribution in [0, 0.1) is 0 Å². The van der Waals surface area contributed by atoms with Gasteiger partial charge in [0.15, 0.2) is 0 Å². The van der Waals surface area contributed by atoms with Gasteiger partial charge in [0.05, 0.1) is 5.69 Å². The lowest BCUT2D eigenvalue weighted by molar-refractivity contribution is 0.332. The fraction of sp³-hybridized carbons (Fsp3) is 0.529. The first kappa shape index (κ1) is 48.7. The Morgan fingerprint density at radius 2 is 0.778 bits per heavy atom. The molecule has 0 bridgehead atoms. The predicted molar refractivity (Wildman–Crippen MR) is 316 cm³/mol. The fourth-order valence-electron chi connectivity index (χ4n) is 15.0. The number of nitrogens with zero attached hydrogens (tertiary/aromatic N) is 2. The van der Waals surface area contributed by atoms with E-state index >= 15 is 0 Å². The van der Waals surface area contributed by atoms with E-state index in [1.54, 1.807) is 16.7 Å². The summed E-state index contributed by atoms with van der Waals surface area (Å²) in [6.45, 7) is 47.4. The normalized spacial score (nSPS) is 22.7. The highest BCUT2D eigenvalue weighted by atomic mass is 32.1. The highest BCUT2D eigenvalue weighted by Crippen LogP contribution is 2.57. The number of benzene rings is 5. The van der Waals surface area contributed by atoms with E-state index in [4.69, 9.17) is 0 Å². The van der Waals surface area contributed by atoms with E-state index in [-0.39, 0.29) is 55.4 Å². The Balaban J connectivity index is 1.25. The van der Waals surface area contributed by atoms with Crippen molar-refractivity contribution < 1.29 is 0 Å². The summed E-state index contributed by atoms with van der Waals surface area (Å²) in [4.78, 5) is 5.58. The molecule has 0 saturated heterocycles. The molecule has 0 N–H and O–H groups in total. The van der Waals surface area contributed by atoms with Gasteiger partial charge < -0.3 is 9.80 Å². The molecule has 376 valence electrons. The van der Waals surface area contributed by atoms with E-state index in [9.17, 15) is 0 Å². The smallest absolute Gasteiger partial charge is 0.264 e. The second-order valence-electron chi connectivity index (χ2n) is 30.5. The molecule has 12 rings (SSSR count). The Labute approximate surface area is 439 Å². The van der Waals surface area contributed by atoms with Gasteiger partial charge in [-0.2, -0.15) is 0 Å². The van der Waals surface area contributed by atoms with E-state index in [1.165, 1.54) is 145 Å². The van der Waals surface area contributed by atoms with Crippen LogP contribution in [0.2, 0.25) is 0 Å². The van der Waals surface area contributed by atoms with Crippen molar-refractivity contribution in [3.63, 3.8) is 0 Å². The van der Waals surface area contributed by atoms with Gasteiger partial charge in [0.1, 0.15) is 0 Å². The Morgan fingerprint density at radius 1 is 0.403 bits per heavy atom.